The summed E-state index contributed by atoms with van der Waals surface area (Å²) in [5, 5.41) is 17.6. The minimum absolute atomic E-state index is 0.0503. The van der Waals surface area contributed by atoms with Crippen LogP contribution in [0.25, 0.3) is 9.88 Å². The van der Waals surface area contributed by atoms with E-state index in [4.69, 9.17) is 0 Å². The van der Waals surface area contributed by atoms with Gasteiger partial charge in [0, 0.05) is 11.9 Å². The first-order chi connectivity index (χ1) is 10.3. The zero-order chi connectivity index (χ0) is 16.2. The van der Waals surface area contributed by atoms with E-state index in [9.17, 15) is 9.90 Å². The number of carbonyl (C=O) groups is 1. The third kappa shape index (κ3) is 5.51. The molecule has 2 aromatic rings. The number of carbonyl (C=O) groups excluding carboxylic acids is 1. The first-order valence-electron chi connectivity index (χ1n) is 7.26. The van der Waals surface area contributed by atoms with Gasteiger partial charge in [0.05, 0.1) is 23.1 Å². The number of nitrogens with one attached hydrogen (secondary N) is 1. The summed E-state index contributed by atoms with van der Waals surface area (Å²) >= 11 is 3.19. The molecule has 2 heterocycles. The van der Waals surface area contributed by atoms with E-state index in [0.717, 1.165) is 15.6 Å². The zero-order valence-corrected chi connectivity index (χ0v) is 14.8. The van der Waals surface area contributed by atoms with Gasteiger partial charge in [-0.3, -0.25) is 4.79 Å². The molecule has 0 unspecified atom stereocenters. The van der Waals surface area contributed by atoms with Gasteiger partial charge in [-0.1, -0.05) is 26.8 Å². The predicted octanol–water partition coefficient (Wildman–Crippen LogP) is 3.33. The Morgan fingerprint density at radius 3 is 2.82 bits per heavy atom. The molecule has 2 N–H and O–H groups in total. The number of hydrogen-bond acceptors (Lipinski definition) is 5. The fourth-order valence-corrected chi connectivity index (χ4v) is 3.77. The average Bonchev–Trinajstić information content (AvgIpc) is 3.04. The quantitative estimate of drug-likeness (QED) is 0.849. The van der Waals surface area contributed by atoms with Crippen molar-refractivity contribution < 1.29 is 9.90 Å². The van der Waals surface area contributed by atoms with Gasteiger partial charge in [-0.15, -0.1) is 22.7 Å². The van der Waals surface area contributed by atoms with Gasteiger partial charge in [0.1, 0.15) is 5.01 Å². The lowest BCUT2D eigenvalue weighted by Gasteiger charge is -2.22. The van der Waals surface area contributed by atoms with Crippen LogP contribution in [0.3, 0.4) is 0 Å². The van der Waals surface area contributed by atoms with E-state index < -0.39 is 6.10 Å². The fraction of sp³-hybridized carbons (Fsp3) is 0.500. The maximum atomic E-state index is 11.9. The zero-order valence-electron chi connectivity index (χ0n) is 13.1. The number of rotatable bonds is 6. The lowest BCUT2D eigenvalue weighted by atomic mass is 9.89. The van der Waals surface area contributed by atoms with E-state index >= 15 is 0 Å². The highest BCUT2D eigenvalue weighted by molar-refractivity contribution is 7.20. The maximum absolute atomic E-state index is 11.9. The number of hydrogen-bond donors (Lipinski definition) is 2. The largest absolute Gasteiger partial charge is 0.391 e. The van der Waals surface area contributed by atoms with Crippen molar-refractivity contribution in [3.63, 3.8) is 0 Å². The minimum Gasteiger partial charge on any atom is -0.391 e. The van der Waals surface area contributed by atoms with Gasteiger partial charge in [0.2, 0.25) is 5.91 Å². The van der Waals surface area contributed by atoms with Crippen LogP contribution in [0.4, 0.5) is 0 Å². The van der Waals surface area contributed by atoms with E-state index in [1.807, 2.05) is 22.9 Å². The number of aliphatic hydroxyl groups is 1. The lowest BCUT2D eigenvalue weighted by molar-refractivity contribution is -0.121. The second-order valence-corrected chi connectivity index (χ2v) is 8.33. The Morgan fingerprint density at radius 1 is 1.41 bits per heavy atom. The molecule has 120 valence electrons. The van der Waals surface area contributed by atoms with Crippen LogP contribution in [0.1, 0.15) is 32.9 Å². The molecule has 6 heteroatoms. The molecule has 0 saturated heterocycles. The highest BCUT2D eigenvalue weighted by Crippen LogP contribution is 2.27. The fourth-order valence-electron chi connectivity index (χ4n) is 2.14. The number of amides is 1. The van der Waals surface area contributed by atoms with Crippen molar-refractivity contribution in [1.29, 1.82) is 0 Å². The second-order valence-electron chi connectivity index (χ2n) is 6.52. The van der Waals surface area contributed by atoms with Crippen molar-refractivity contribution in [2.24, 2.45) is 5.41 Å². The first kappa shape index (κ1) is 17.1. The molecule has 0 bridgehead atoms. The van der Waals surface area contributed by atoms with Crippen LogP contribution in [-0.4, -0.2) is 28.6 Å². The summed E-state index contributed by atoms with van der Waals surface area (Å²) < 4.78 is 0. The number of thiazole rings is 1. The van der Waals surface area contributed by atoms with E-state index in [1.165, 1.54) is 0 Å². The molecule has 0 fully saturated rings. The summed E-state index contributed by atoms with van der Waals surface area (Å²) in [5.74, 6) is -0.101. The van der Waals surface area contributed by atoms with Crippen LogP contribution in [0.2, 0.25) is 0 Å². The molecule has 0 aromatic carbocycles. The Bertz CT molecular complexity index is 600. The molecular weight excluding hydrogens is 316 g/mol. The molecule has 2 rings (SSSR count). The molecule has 4 nitrogen and oxygen atoms in total. The Labute approximate surface area is 139 Å². The number of aliphatic hydroxyl groups excluding tert-OH is 1. The molecule has 0 aliphatic rings. The van der Waals surface area contributed by atoms with Gasteiger partial charge in [0.15, 0.2) is 0 Å². The van der Waals surface area contributed by atoms with Crippen molar-refractivity contribution in [3.8, 4) is 9.88 Å². The van der Waals surface area contributed by atoms with Gasteiger partial charge in [0.25, 0.3) is 0 Å². The van der Waals surface area contributed by atoms with Crippen molar-refractivity contribution in [1.82, 2.24) is 10.3 Å². The summed E-state index contributed by atoms with van der Waals surface area (Å²) in [6, 6.07) is 4.01. The molecule has 0 saturated carbocycles. The van der Waals surface area contributed by atoms with Crippen molar-refractivity contribution in [2.75, 3.05) is 6.54 Å². The van der Waals surface area contributed by atoms with Gasteiger partial charge in [-0.25, -0.2) is 4.98 Å². The molecule has 22 heavy (non-hydrogen) atoms. The highest BCUT2D eigenvalue weighted by atomic mass is 32.1. The van der Waals surface area contributed by atoms with Crippen LogP contribution in [-0.2, 0) is 11.2 Å². The summed E-state index contributed by atoms with van der Waals surface area (Å²) in [7, 11) is 0. The molecule has 2 aromatic heterocycles. The normalized spacial score (nSPS) is 13.1. The Morgan fingerprint density at radius 2 is 2.18 bits per heavy atom. The monoisotopic (exact) mass is 338 g/mol. The summed E-state index contributed by atoms with van der Waals surface area (Å²) in [6.45, 7) is 6.50. The Hall–Kier alpha value is -1.24. The van der Waals surface area contributed by atoms with Crippen LogP contribution < -0.4 is 5.32 Å². The summed E-state index contributed by atoms with van der Waals surface area (Å²) in [4.78, 5) is 17.5. The third-order valence-corrected chi connectivity index (χ3v) is 4.94. The molecule has 1 atom stereocenters. The van der Waals surface area contributed by atoms with E-state index in [1.54, 1.807) is 22.7 Å². The summed E-state index contributed by atoms with van der Waals surface area (Å²) in [6.07, 6.45) is 0.400. The number of nitrogens with zero attached hydrogens (tertiary/aromatic N) is 1. The van der Waals surface area contributed by atoms with Gasteiger partial charge in [-0.2, -0.15) is 0 Å². The smallest absolute Gasteiger partial charge is 0.226 e. The Balaban J connectivity index is 1.80. The molecular formula is C16H22N2O2S2. The van der Waals surface area contributed by atoms with Crippen LogP contribution in [0, 0.1) is 5.41 Å². The molecule has 0 radical (unpaired) electrons. The van der Waals surface area contributed by atoms with E-state index in [2.05, 4.69) is 31.1 Å². The summed E-state index contributed by atoms with van der Waals surface area (Å²) in [5.41, 5.74) is 0.825. The van der Waals surface area contributed by atoms with Crippen LogP contribution in [0.5, 0.6) is 0 Å². The van der Waals surface area contributed by atoms with Crippen LogP contribution in [0.15, 0.2) is 22.9 Å². The predicted molar refractivity (Wildman–Crippen MR) is 92.2 cm³/mol. The van der Waals surface area contributed by atoms with Crippen molar-refractivity contribution >= 4 is 28.6 Å². The Kier molecular flexibility index (Phi) is 5.72. The molecule has 0 spiro atoms. The average molecular weight is 338 g/mol. The van der Waals surface area contributed by atoms with Gasteiger partial charge < -0.3 is 10.4 Å². The minimum atomic E-state index is -0.513. The third-order valence-electron chi connectivity index (χ3n) is 3.01. The maximum Gasteiger partial charge on any atom is 0.226 e. The number of aromatic nitrogens is 1. The molecule has 0 aliphatic heterocycles. The number of thiophene rings is 1. The highest BCUT2D eigenvalue weighted by Gasteiger charge is 2.17. The lowest BCUT2D eigenvalue weighted by Crippen LogP contribution is -2.35. The van der Waals surface area contributed by atoms with E-state index in [-0.39, 0.29) is 24.3 Å². The topological polar surface area (TPSA) is 62.2 Å². The van der Waals surface area contributed by atoms with Crippen molar-refractivity contribution in [2.45, 2.75) is 39.7 Å². The first-order valence-corrected chi connectivity index (χ1v) is 9.02. The van der Waals surface area contributed by atoms with Crippen molar-refractivity contribution in [3.05, 3.63) is 28.6 Å². The second kappa shape index (κ2) is 7.35. The van der Waals surface area contributed by atoms with Gasteiger partial charge in [-0.05, 0) is 23.3 Å². The molecule has 1 amide bonds. The molecule has 0 aliphatic carbocycles. The van der Waals surface area contributed by atoms with Crippen LogP contribution >= 0.6 is 22.7 Å². The van der Waals surface area contributed by atoms with Gasteiger partial charge >= 0.3 is 0 Å². The standard InChI is InChI=1S/C16H22N2O2S2/c1-16(2,3)8-12(19)9-17-14(20)7-11-10-22-15(18-11)13-5-4-6-21-13/h4-6,10,12,19H,7-9H2,1-3H3,(H,17,20)/t12-/m1/s1. The van der Waals surface area contributed by atoms with E-state index in [0.29, 0.717) is 6.42 Å². The SMILES string of the molecule is CC(C)(C)C[C@@H](O)CNC(=O)Cc1csc(-c2cccs2)n1.